The highest BCUT2D eigenvalue weighted by Gasteiger charge is 2.07. The molecule has 0 aliphatic carbocycles. The monoisotopic (exact) mass is 224 g/mol. The first-order valence-electron chi connectivity index (χ1n) is 5.21. The molecule has 1 aromatic rings. The zero-order valence-electron chi connectivity index (χ0n) is 9.59. The highest BCUT2D eigenvalue weighted by atomic mass is 19.1. The summed E-state index contributed by atoms with van der Waals surface area (Å²) in [6.45, 7) is 5.09. The molecule has 0 aromatic heterocycles. The molecule has 0 saturated carbocycles. The molecular formula is C12H17FN2O. The first-order valence-corrected chi connectivity index (χ1v) is 5.21. The molecule has 3 N–H and O–H groups in total. The van der Waals surface area contributed by atoms with E-state index in [1.165, 1.54) is 12.1 Å². The lowest BCUT2D eigenvalue weighted by Gasteiger charge is -2.10. The molecule has 4 heteroatoms. The van der Waals surface area contributed by atoms with E-state index in [2.05, 4.69) is 13.8 Å². The van der Waals surface area contributed by atoms with Crippen LogP contribution in [-0.4, -0.2) is 12.4 Å². The summed E-state index contributed by atoms with van der Waals surface area (Å²) < 4.78 is 18.4. The summed E-state index contributed by atoms with van der Waals surface area (Å²) in [5.74, 6) is -0.0818. The highest BCUT2D eigenvalue weighted by Crippen LogP contribution is 2.12. The zero-order valence-corrected chi connectivity index (χ0v) is 9.59. The largest absolute Gasteiger partial charge is 0.384 e. The highest BCUT2D eigenvalue weighted by molar-refractivity contribution is 5.96. The molecule has 0 radical (unpaired) electrons. The van der Waals surface area contributed by atoms with Gasteiger partial charge in [0.1, 0.15) is 11.7 Å². The van der Waals surface area contributed by atoms with Crippen molar-refractivity contribution in [3.8, 4) is 0 Å². The topological polar surface area (TPSA) is 59.1 Å². The number of nitrogens with one attached hydrogen (secondary N) is 1. The molecule has 0 aliphatic heterocycles. The summed E-state index contributed by atoms with van der Waals surface area (Å²) >= 11 is 0. The predicted octanol–water partition coefficient (Wildman–Crippen LogP) is 2.28. The van der Waals surface area contributed by atoms with Crippen molar-refractivity contribution < 1.29 is 9.13 Å². The van der Waals surface area contributed by atoms with Gasteiger partial charge in [0.25, 0.3) is 0 Å². The zero-order chi connectivity index (χ0) is 12.1. The van der Waals surface area contributed by atoms with Gasteiger partial charge in [-0.2, -0.15) is 0 Å². The van der Waals surface area contributed by atoms with Crippen LogP contribution in [0.1, 0.15) is 25.0 Å². The molecule has 1 aromatic carbocycles. The van der Waals surface area contributed by atoms with Gasteiger partial charge in [0, 0.05) is 12.2 Å². The second-order valence-corrected chi connectivity index (χ2v) is 4.12. The van der Waals surface area contributed by atoms with Gasteiger partial charge in [0.05, 0.1) is 6.61 Å². The van der Waals surface area contributed by atoms with Crippen LogP contribution in [0.5, 0.6) is 0 Å². The van der Waals surface area contributed by atoms with Crippen LogP contribution in [0.2, 0.25) is 0 Å². The minimum absolute atomic E-state index is 0.136. The van der Waals surface area contributed by atoms with Crippen LogP contribution < -0.4 is 5.73 Å². The second-order valence-electron chi connectivity index (χ2n) is 4.12. The van der Waals surface area contributed by atoms with Crippen molar-refractivity contribution in [2.24, 2.45) is 11.7 Å². The third-order valence-electron chi connectivity index (χ3n) is 2.07. The van der Waals surface area contributed by atoms with Gasteiger partial charge >= 0.3 is 0 Å². The van der Waals surface area contributed by atoms with Gasteiger partial charge < -0.3 is 10.5 Å². The first-order chi connectivity index (χ1) is 7.50. The number of hydrogen-bond donors (Lipinski definition) is 2. The fourth-order valence-electron chi connectivity index (χ4n) is 1.33. The molecule has 16 heavy (non-hydrogen) atoms. The van der Waals surface area contributed by atoms with E-state index in [1.807, 2.05) is 0 Å². The average Bonchev–Trinajstić information content (AvgIpc) is 2.19. The van der Waals surface area contributed by atoms with Crippen LogP contribution in [0.3, 0.4) is 0 Å². The Morgan fingerprint density at radius 1 is 1.50 bits per heavy atom. The Morgan fingerprint density at radius 2 is 2.19 bits per heavy atom. The Labute approximate surface area is 94.9 Å². The van der Waals surface area contributed by atoms with Crippen LogP contribution in [-0.2, 0) is 11.3 Å². The molecule has 0 fully saturated rings. The molecular weight excluding hydrogens is 207 g/mol. The smallest absolute Gasteiger partial charge is 0.123 e. The summed E-state index contributed by atoms with van der Waals surface area (Å²) in [5.41, 5.74) is 6.53. The normalized spacial score (nSPS) is 10.8. The molecule has 0 bridgehead atoms. The number of amidine groups is 1. The van der Waals surface area contributed by atoms with Crippen LogP contribution in [0.15, 0.2) is 18.2 Å². The fourth-order valence-corrected chi connectivity index (χ4v) is 1.33. The van der Waals surface area contributed by atoms with Crippen molar-refractivity contribution >= 4 is 5.84 Å². The number of ether oxygens (including phenoxy) is 1. The van der Waals surface area contributed by atoms with E-state index in [0.717, 1.165) is 5.56 Å². The van der Waals surface area contributed by atoms with E-state index in [9.17, 15) is 4.39 Å². The number of nitrogen functional groups attached to an aromatic ring is 1. The third-order valence-corrected chi connectivity index (χ3v) is 2.07. The lowest BCUT2D eigenvalue weighted by Crippen LogP contribution is -2.15. The number of nitrogens with two attached hydrogens (primary N) is 1. The van der Waals surface area contributed by atoms with Gasteiger partial charge in [0.15, 0.2) is 0 Å². The maximum absolute atomic E-state index is 13.0. The summed E-state index contributed by atoms with van der Waals surface area (Å²) in [7, 11) is 0. The summed E-state index contributed by atoms with van der Waals surface area (Å²) in [6, 6.07) is 4.21. The lowest BCUT2D eigenvalue weighted by atomic mass is 10.1. The van der Waals surface area contributed by atoms with Crippen molar-refractivity contribution in [3.63, 3.8) is 0 Å². The maximum Gasteiger partial charge on any atom is 0.123 e. The average molecular weight is 224 g/mol. The van der Waals surface area contributed by atoms with E-state index in [-0.39, 0.29) is 5.84 Å². The second kappa shape index (κ2) is 5.61. The van der Waals surface area contributed by atoms with Gasteiger partial charge in [0.2, 0.25) is 0 Å². The number of benzene rings is 1. The van der Waals surface area contributed by atoms with Crippen LogP contribution in [0.25, 0.3) is 0 Å². The molecule has 0 unspecified atom stereocenters. The third kappa shape index (κ3) is 3.62. The summed E-state index contributed by atoms with van der Waals surface area (Å²) in [5, 5.41) is 7.35. The van der Waals surface area contributed by atoms with E-state index < -0.39 is 5.82 Å². The SMILES string of the molecule is CC(C)COCc1ccc(F)cc1C(=N)N. The van der Waals surface area contributed by atoms with Crippen molar-refractivity contribution in [2.45, 2.75) is 20.5 Å². The van der Waals surface area contributed by atoms with E-state index >= 15 is 0 Å². The number of hydrogen-bond acceptors (Lipinski definition) is 2. The van der Waals surface area contributed by atoms with Crippen molar-refractivity contribution in [2.75, 3.05) is 6.61 Å². The van der Waals surface area contributed by atoms with E-state index in [0.29, 0.717) is 24.7 Å². The van der Waals surface area contributed by atoms with Gasteiger partial charge in [-0.15, -0.1) is 0 Å². The molecule has 0 saturated heterocycles. The fraction of sp³-hybridized carbons (Fsp3) is 0.417. The summed E-state index contributed by atoms with van der Waals surface area (Å²) in [6.07, 6.45) is 0. The molecule has 88 valence electrons. The molecule has 0 spiro atoms. The van der Waals surface area contributed by atoms with Gasteiger partial charge in [-0.1, -0.05) is 19.9 Å². The van der Waals surface area contributed by atoms with Crippen molar-refractivity contribution in [3.05, 3.63) is 35.1 Å². The minimum atomic E-state index is -0.391. The van der Waals surface area contributed by atoms with Crippen LogP contribution in [0, 0.1) is 17.1 Å². The molecule has 0 amide bonds. The molecule has 1 rings (SSSR count). The quantitative estimate of drug-likeness (QED) is 0.595. The van der Waals surface area contributed by atoms with E-state index in [4.69, 9.17) is 15.9 Å². The molecule has 0 atom stereocenters. The molecule has 0 heterocycles. The van der Waals surface area contributed by atoms with Crippen LogP contribution in [0.4, 0.5) is 4.39 Å². The van der Waals surface area contributed by atoms with Gasteiger partial charge in [-0.3, -0.25) is 5.41 Å². The Morgan fingerprint density at radius 3 is 2.75 bits per heavy atom. The standard InChI is InChI=1S/C12H17FN2O/c1-8(2)6-16-7-9-3-4-10(13)5-11(9)12(14)15/h3-5,8H,6-7H2,1-2H3,(H3,14,15). The Hall–Kier alpha value is -1.42. The Kier molecular flexibility index (Phi) is 4.43. The van der Waals surface area contributed by atoms with Gasteiger partial charge in [-0.25, -0.2) is 4.39 Å². The van der Waals surface area contributed by atoms with E-state index in [1.54, 1.807) is 6.07 Å². The lowest BCUT2D eigenvalue weighted by molar-refractivity contribution is 0.0969. The molecule has 0 aliphatic rings. The molecule has 3 nitrogen and oxygen atoms in total. The van der Waals surface area contributed by atoms with Crippen LogP contribution >= 0.6 is 0 Å². The number of rotatable bonds is 5. The number of halogens is 1. The predicted molar refractivity (Wildman–Crippen MR) is 61.9 cm³/mol. The van der Waals surface area contributed by atoms with Gasteiger partial charge in [-0.05, 0) is 23.6 Å². The maximum atomic E-state index is 13.0. The minimum Gasteiger partial charge on any atom is -0.384 e. The van der Waals surface area contributed by atoms with Crippen molar-refractivity contribution in [1.29, 1.82) is 5.41 Å². The summed E-state index contributed by atoms with van der Waals surface area (Å²) in [4.78, 5) is 0. The Balaban J connectivity index is 2.75. The van der Waals surface area contributed by atoms with Crippen molar-refractivity contribution in [1.82, 2.24) is 0 Å². The Bertz CT molecular complexity index is 377. The first kappa shape index (κ1) is 12.6.